The summed E-state index contributed by atoms with van der Waals surface area (Å²) in [5.41, 5.74) is -0.869. The molecule has 0 saturated carbocycles. The first kappa shape index (κ1) is 19.0. The SMILES string of the molecule is Cn1cnc2c1c(=O)n(CC(=O)NC(C)(C)CC(C)(C)C)c(=O)n2C. The van der Waals surface area contributed by atoms with E-state index in [0.29, 0.717) is 11.2 Å². The molecule has 1 N–H and O–H groups in total. The molecule has 2 heterocycles. The summed E-state index contributed by atoms with van der Waals surface area (Å²) in [4.78, 5) is 41.6. The Kier molecular flexibility index (Phi) is 4.67. The summed E-state index contributed by atoms with van der Waals surface area (Å²) in [6, 6.07) is 0. The second kappa shape index (κ2) is 6.16. The number of hydrogen-bond donors (Lipinski definition) is 1. The maximum Gasteiger partial charge on any atom is 0.332 e. The quantitative estimate of drug-likeness (QED) is 0.882. The first-order chi connectivity index (χ1) is 11.3. The Morgan fingerprint density at radius 3 is 2.32 bits per heavy atom. The van der Waals surface area contributed by atoms with Crippen molar-refractivity contribution in [2.24, 2.45) is 19.5 Å². The number of imidazole rings is 1. The highest BCUT2D eigenvalue weighted by Gasteiger charge is 2.27. The van der Waals surface area contributed by atoms with Gasteiger partial charge in [0.25, 0.3) is 5.56 Å². The molecule has 0 atom stereocenters. The number of fused-ring (bicyclic) bond motifs is 1. The van der Waals surface area contributed by atoms with Gasteiger partial charge in [0.05, 0.1) is 6.33 Å². The van der Waals surface area contributed by atoms with Crippen LogP contribution in [0.3, 0.4) is 0 Å². The molecule has 0 unspecified atom stereocenters. The van der Waals surface area contributed by atoms with Crippen molar-refractivity contribution in [2.45, 2.75) is 53.1 Å². The van der Waals surface area contributed by atoms with Crippen molar-refractivity contribution in [3.8, 4) is 0 Å². The average Bonchev–Trinajstić information content (AvgIpc) is 2.80. The van der Waals surface area contributed by atoms with Crippen molar-refractivity contribution < 1.29 is 4.79 Å². The van der Waals surface area contributed by atoms with E-state index in [-0.39, 0.29) is 17.9 Å². The van der Waals surface area contributed by atoms with Gasteiger partial charge >= 0.3 is 5.69 Å². The third kappa shape index (κ3) is 4.00. The third-order valence-electron chi connectivity index (χ3n) is 3.95. The Morgan fingerprint density at radius 2 is 1.76 bits per heavy atom. The van der Waals surface area contributed by atoms with Crippen LogP contribution in [0.5, 0.6) is 0 Å². The topological polar surface area (TPSA) is 90.9 Å². The van der Waals surface area contributed by atoms with Crippen LogP contribution in [0.15, 0.2) is 15.9 Å². The number of carbonyl (C=O) groups is 1. The number of nitrogens with one attached hydrogen (secondary N) is 1. The second-order valence-electron chi connectivity index (χ2n) is 8.43. The molecule has 0 bridgehead atoms. The highest BCUT2D eigenvalue weighted by atomic mass is 16.2. The van der Waals surface area contributed by atoms with Crippen LogP contribution in [0.25, 0.3) is 11.2 Å². The number of hydrogen-bond acceptors (Lipinski definition) is 4. The molecule has 0 radical (unpaired) electrons. The predicted molar refractivity (Wildman–Crippen MR) is 96.5 cm³/mol. The maximum absolute atomic E-state index is 12.6. The van der Waals surface area contributed by atoms with Gasteiger partial charge in [0.1, 0.15) is 6.54 Å². The van der Waals surface area contributed by atoms with E-state index in [2.05, 4.69) is 31.1 Å². The molecule has 0 saturated heterocycles. The third-order valence-corrected chi connectivity index (χ3v) is 3.95. The van der Waals surface area contributed by atoms with Crippen molar-refractivity contribution in [2.75, 3.05) is 0 Å². The van der Waals surface area contributed by atoms with E-state index >= 15 is 0 Å². The van der Waals surface area contributed by atoms with Gasteiger partial charge in [-0.3, -0.25) is 14.2 Å². The zero-order valence-corrected chi connectivity index (χ0v) is 16.0. The van der Waals surface area contributed by atoms with Gasteiger partial charge in [-0.25, -0.2) is 14.3 Å². The highest BCUT2D eigenvalue weighted by Crippen LogP contribution is 2.26. The summed E-state index contributed by atoms with van der Waals surface area (Å²) < 4.78 is 3.78. The minimum atomic E-state index is -0.556. The second-order valence-corrected chi connectivity index (χ2v) is 8.43. The number of rotatable bonds is 4. The maximum atomic E-state index is 12.6. The molecule has 0 aromatic carbocycles. The van der Waals surface area contributed by atoms with Gasteiger partial charge in [0, 0.05) is 19.6 Å². The molecule has 0 aliphatic carbocycles. The van der Waals surface area contributed by atoms with E-state index < -0.39 is 16.8 Å². The summed E-state index contributed by atoms with van der Waals surface area (Å²) in [5, 5.41) is 2.92. The van der Waals surface area contributed by atoms with E-state index in [1.54, 1.807) is 11.6 Å². The molecule has 2 aromatic rings. The Labute approximate surface area is 146 Å². The van der Waals surface area contributed by atoms with Gasteiger partial charge in [0.15, 0.2) is 11.2 Å². The van der Waals surface area contributed by atoms with Crippen LogP contribution in [0.2, 0.25) is 0 Å². The molecule has 25 heavy (non-hydrogen) atoms. The number of amides is 1. The highest BCUT2D eigenvalue weighted by molar-refractivity contribution is 5.77. The van der Waals surface area contributed by atoms with Crippen LogP contribution in [0.1, 0.15) is 41.0 Å². The van der Waals surface area contributed by atoms with Crippen molar-refractivity contribution in [3.63, 3.8) is 0 Å². The number of nitrogens with zero attached hydrogens (tertiary/aromatic N) is 4. The molecule has 2 rings (SSSR count). The normalized spacial score (nSPS) is 12.6. The molecule has 0 fully saturated rings. The molecular weight excluding hydrogens is 322 g/mol. The molecule has 0 aliphatic heterocycles. The molecule has 8 nitrogen and oxygen atoms in total. The fraction of sp³-hybridized carbons (Fsp3) is 0.647. The molecule has 0 aliphatic rings. The molecule has 8 heteroatoms. The molecule has 138 valence electrons. The van der Waals surface area contributed by atoms with Crippen LogP contribution in [0, 0.1) is 5.41 Å². The van der Waals surface area contributed by atoms with Crippen molar-refractivity contribution in [1.29, 1.82) is 0 Å². The minimum Gasteiger partial charge on any atom is -0.350 e. The largest absolute Gasteiger partial charge is 0.350 e. The van der Waals surface area contributed by atoms with Crippen LogP contribution in [0.4, 0.5) is 0 Å². The van der Waals surface area contributed by atoms with Crippen LogP contribution < -0.4 is 16.6 Å². The standard InChI is InChI=1S/C17H27N5O3/c1-16(2,3)9-17(4,5)19-11(23)8-22-14(24)12-13(18-10-20(12)6)21(7)15(22)25/h10H,8-9H2,1-7H3,(H,19,23). The summed E-state index contributed by atoms with van der Waals surface area (Å²) in [7, 11) is 3.22. The number of carbonyl (C=O) groups excluding carboxylic acids is 1. The molecule has 2 aromatic heterocycles. The van der Waals surface area contributed by atoms with E-state index in [4.69, 9.17) is 0 Å². The van der Waals surface area contributed by atoms with Crippen LogP contribution in [-0.2, 0) is 25.4 Å². The van der Waals surface area contributed by atoms with Crippen molar-refractivity contribution >= 4 is 17.1 Å². The molecule has 0 spiro atoms. The van der Waals surface area contributed by atoms with E-state index in [9.17, 15) is 14.4 Å². The van der Waals surface area contributed by atoms with Gasteiger partial charge in [-0.1, -0.05) is 20.8 Å². The van der Waals surface area contributed by atoms with Gasteiger partial charge in [-0.15, -0.1) is 0 Å². The average molecular weight is 349 g/mol. The number of aryl methyl sites for hydroxylation is 2. The number of aromatic nitrogens is 4. The van der Waals surface area contributed by atoms with E-state index in [1.807, 2.05) is 13.8 Å². The summed E-state index contributed by atoms with van der Waals surface area (Å²) in [5.74, 6) is -0.366. The molecular formula is C17H27N5O3. The van der Waals surface area contributed by atoms with Gasteiger partial charge in [0.2, 0.25) is 5.91 Å². The van der Waals surface area contributed by atoms with Crippen molar-refractivity contribution in [3.05, 3.63) is 27.2 Å². The van der Waals surface area contributed by atoms with Gasteiger partial charge in [-0.2, -0.15) is 0 Å². The smallest absolute Gasteiger partial charge is 0.332 e. The Hall–Kier alpha value is -2.38. The summed E-state index contributed by atoms with van der Waals surface area (Å²) in [6.45, 7) is 9.83. The van der Waals surface area contributed by atoms with Gasteiger partial charge < -0.3 is 9.88 Å². The van der Waals surface area contributed by atoms with E-state index in [1.165, 1.54) is 17.9 Å². The summed E-state index contributed by atoms with van der Waals surface area (Å²) in [6.07, 6.45) is 2.24. The lowest BCUT2D eigenvalue weighted by atomic mass is 9.82. The first-order valence-electron chi connectivity index (χ1n) is 8.24. The molecule has 1 amide bonds. The monoisotopic (exact) mass is 349 g/mol. The Morgan fingerprint density at radius 1 is 1.16 bits per heavy atom. The minimum absolute atomic E-state index is 0.0391. The van der Waals surface area contributed by atoms with Gasteiger partial charge in [-0.05, 0) is 25.7 Å². The zero-order valence-electron chi connectivity index (χ0n) is 16.0. The fourth-order valence-corrected chi connectivity index (χ4v) is 3.47. The van der Waals surface area contributed by atoms with Crippen molar-refractivity contribution in [1.82, 2.24) is 24.0 Å². The Balaban J connectivity index is 2.35. The lowest BCUT2D eigenvalue weighted by molar-refractivity contribution is -0.123. The zero-order chi connectivity index (χ0) is 19.2. The van der Waals surface area contributed by atoms with Crippen LogP contribution >= 0.6 is 0 Å². The lowest BCUT2D eigenvalue weighted by Gasteiger charge is -2.33. The van der Waals surface area contributed by atoms with Crippen LogP contribution in [-0.4, -0.2) is 30.1 Å². The first-order valence-corrected chi connectivity index (χ1v) is 8.24. The summed E-state index contributed by atoms with van der Waals surface area (Å²) >= 11 is 0. The van der Waals surface area contributed by atoms with E-state index in [0.717, 1.165) is 11.0 Å². The fourth-order valence-electron chi connectivity index (χ4n) is 3.47. The Bertz CT molecular complexity index is 925. The lowest BCUT2D eigenvalue weighted by Crippen LogP contribution is -2.50. The predicted octanol–water partition coefficient (Wildman–Crippen LogP) is 0.765.